The van der Waals surface area contributed by atoms with E-state index in [2.05, 4.69) is 21.4 Å². The van der Waals surface area contributed by atoms with Crippen LogP contribution in [0.2, 0.25) is 0 Å². The average Bonchev–Trinajstić information content (AvgIpc) is 2.79. The van der Waals surface area contributed by atoms with E-state index in [9.17, 15) is 4.39 Å². The normalized spacial score (nSPS) is 16.8. The van der Waals surface area contributed by atoms with Crippen LogP contribution in [-0.4, -0.2) is 34.0 Å². The van der Waals surface area contributed by atoms with Gasteiger partial charge < -0.3 is 16.4 Å². The minimum Gasteiger partial charge on any atom is -0.397 e. The molecule has 1 saturated heterocycles. The second-order valence-corrected chi connectivity index (χ2v) is 8.13. The van der Waals surface area contributed by atoms with Crippen LogP contribution < -0.4 is 11.5 Å². The van der Waals surface area contributed by atoms with Crippen molar-refractivity contribution >= 4 is 11.4 Å². The van der Waals surface area contributed by atoms with E-state index >= 15 is 0 Å². The lowest BCUT2D eigenvalue weighted by atomic mass is 10.00. The van der Waals surface area contributed by atoms with Gasteiger partial charge in [0.25, 0.3) is 0 Å². The van der Waals surface area contributed by atoms with Crippen molar-refractivity contribution < 1.29 is 4.39 Å². The Morgan fingerprint density at radius 1 is 1.22 bits per heavy atom. The third kappa shape index (κ3) is 4.41. The van der Waals surface area contributed by atoms with Crippen LogP contribution in [0.1, 0.15) is 24.0 Å². The molecular weight excluding hydrogens is 401 g/mol. The fraction of sp³-hybridized carbons (Fsp3) is 0.231. The molecule has 0 saturated carbocycles. The van der Waals surface area contributed by atoms with Crippen molar-refractivity contribution in [2.75, 3.05) is 18.8 Å². The van der Waals surface area contributed by atoms with Gasteiger partial charge in [-0.1, -0.05) is 24.8 Å². The summed E-state index contributed by atoms with van der Waals surface area (Å²) in [4.78, 5) is 11.6. The standard InChI is InChI=1S/C26H28FN5/c1-3-7-25(32-13-6-8-18(28)16-32)20-14-24(30-15-17(20)2)26-22(29)11-12-23(31-26)19-9-4-5-10-21(19)27/h3-5,7,9-12,14-15,18H,1,6,8,13,16,28-29H2,2H3. The van der Waals surface area contributed by atoms with Crippen molar-refractivity contribution in [1.29, 1.82) is 0 Å². The minimum atomic E-state index is -0.328. The molecule has 1 aliphatic rings. The highest BCUT2D eigenvalue weighted by atomic mass is 19.1. The number of aromatic nitrogens is 2. The van der Waals surface area contributed by atoms with E-state index in [1.807, 2.05) is 25.3 Å². The Labute approximate surface area is 188 Å². The first kappa shape index (κ1) is 21.7. The summed E-state index contributed by atoms with van der Waals surface area (Å²) in [5.41, 5.74) is 18.2. The van der Waals surface area contributed by atoms with Gasteiger partial charge in [-0.25, -0.2) is 9.37 Å². The molecule has 1 atom stereocenters. The summed E-state index contributed by atoms with van der Waals surface area (Å²) in [6, 6.07) is 12.2. The quantitative estimate of drug-likeness (QED) is 0.570. The number of aryl methyl sites for hydroxylation is 1. The largest absolute Gasteiger partial charge is 0.397 e. The monoisotopic (exact) mass is 429 g/mol. The number of nitrogens with zero attached hydrogens (tertiary/aromatic N) is 3. The first-order valence-electron chi connectivity index (χ1n) is 10.8. The molecule has 0 spiro atoms. The topological polar surface area (TPSA) is 81.1 Å². The first-order chi connectivity index (χ1) is 15.5. The van der Waals surface area contributed by atoms with Gasteiger partial charge in [-0.05, 0) is 61.7 Å². The first-order valence-corrected chi connectivity index (χ1v) is 10.8. The molecule has 32 heavy (non-hydrogen) atoms. The van der Waals surface area contributed by atoms with Crippen molar-refractivity contribution in [3.8, 4) is 22.6 Å². The third-order valence-corrected chi connectivity index (χ3v) is 5.77. The van der Waals surface area contributed by atoms with Crippen LogP contribution in [0.3, 0.4) is 0 Å². The van der Waals surface area contributed by atoms with Gasteiger partial charge in [0.15, 0.2) is 0 Å². The fourth-order valence-corrected chi connectivity index (χ4v) is 4.13. The fourth-order valence-electron chi connectivity index (χ4n) is 4.13. The number of nitrogen functional groups attached to an aromatic ring is 1. The number of hydrogen-bond acceptors (Lipinski definition) is 5. The Morgan fingerprint density at radius 2 is 2.03 bits per heavy atom. The van der Waals surface area contributed by atoms with E-state index in [0.29, 0.717) is 28.3 Å². The molecule has 4 rings (SSSR count). The van der Waals surface area contributed by atoms with Crippen LogP contribution in [0.4, 0.5) is 10.1 Å². The summed E-state index contributed by atoms with van der Waals surface area (Å²) in [5.74, 6) is -0.328. The van der Waals surface area contributed by atoms with Crippen LogP contribution in [0, 0.1) is 12.7 Å². The average molecular weight is 430 g/mol. The van der Waals surface area contributed by atoms with Gasteiger partial charge in [-0.2, -0.15) is 0 Å². The summed E-state index contributed by atoms with van der Waals surface area (Å²) in [5, 5.41) is 0. The highest BCUT2D eigenvalue weighted by molar-refractivity contribution is 5.78. The summed E-state index contributed by atoms with van der Waals surface area (Å²) < 4.78 is 14.3. The molecular formula is C26H28FN5. The van der Waals surface area contributed by atoms with Crippen molar-refractivity contribution in [3.63, 3.8) is 0 Å². The molecule has 1 fully saturated rings. The number of hydrogen-bond donors (Lipinski definition) is 2. The third-order valence-electron chi connectivity index (χ3n) is 5.77. The number of halogens is 1. The van der Waals surface area contributed by atoms with Gasteiger partial charge in [-0.3, -0.25) is 4.98 Å². The second-order valence-electron chi connectivity index (χ2n) is 8.13. The van der Waals surface area contributed by atoms with Crippen LogP contribution in [0.15, 0.2) is 67.4 Å². The van der Waals surface area contributed by atoms with Crippen LogP contribution in [0.25, 0.3) is 28.3 Å². The van der Waals surface area contributed by atoms with Gasteiger partial charge in [0.05, 0.1) is 17.1 Å². The molecule has 5 nitrogen and oxygen atoms in total. The van der Waals surface area contributed by atoms with E-state index in [1.54, 1.807) is 36.4 Å². The molecule has 1 aliphatic heterocycles. The van der Waals surface area contributed by atoms with Crippen LogP contribution in [0.5, 0.6) is 0 Å². The molecule has 164 valence electrons. The van der Waals surface area contributed by atoms with Gasteiger partial charge in [-0.15, -0.1) is 0 Å². The molecule has 1 unspecified atom stereocenters. The second kappa shape index (κ2) is 9.32. The molecule has 0 amide bonds. The van der Waals surface area contributed by atoms with Gasteiger partial charge >= 0.3 is 0 Å². The maximum Gasteiger partial charge on any atom is 0.132 e. The number of rotatable bonds is 5. The maximum absolute atomic E-state index is 14.3. The predicted octanol–water partition coefficient (Wildman–Crippen LogP) is 4.79. The zero-order chi connectivity index (χ0) is 22.7. The lowest BCUT2D eigenvalue weighted by molar-refractivity contribution is 0.295. The molecule has 0 radical (unpaired) electrons. The molecule has 3 aromatic rings. The minimum absolute atomic E-state index is 0.147. The van der Waals surface area contributed by atoms with E-state index < -0.39 is 0 Å². The smallest absolute Gasteiger partial charge is 0.132 e. The number of nitrogens with two attached hydrogens (primary N) is 2. The van der Waals surface area contributed by atoms with Crippen molar-refractivity contribution in [1.82, 2.24) is 14.9 Å². The van der Waals surface area contributed by atoms with E-state index in [-0.39, 0.29) is 11.9 Å². The molecule has 4 N–H and O–H groups in total. The number of pyridine rings is 2. The van der Waals surface area contributed by atoms with Crippen molar-refractivity contribution in [2.24, 2.45) is 5.73 Å². The maximum atomic E-state index is 14.3. The Hall–Kier alpha value is -3.51. The number of anilines is 1. The van der Waals surface area contributed by atoms with E-state index in [4.69, 9.17) is 11.5 Å². The van der Waals surface area contributed by atoms with Crippen LogP contribution >= 0.6 is 0 Å². The van der Waals surface area contributed by atoms with Crippen molar-refractivity contribution in [2.45, 2.75) is 25.8 Å². The summed E-state index contributed by atoms with van der Waals surface area (Å²) in [6.07, 6.45) is 7.70. The highest BCUT2D eigenvalue weighted by Gasteiger charge is 2.21. The summed E-state index contributed by atoms with van der Waals surface area (Å²) in [7, 11) is 0. The number of likely N-dealkylation sites (tertiary alicyclic amines) is 1. The zero-order valence-electron chi connectivity index (χ0n) is 18.3. The molecule has 1 aromatic carbocycles. The molecule has 0 bridgehead atoms. The predicted molar refractivity (Wildman–Crippen MR) is 129 cm³/mol. The van der Waals surface area contributed by atoms with Gasteiger partial charge in [0.2, 0.25) is 0 Å². The molecule has 0 aliphatic carbocycles. The number of allylic oxidation sites excluding steroid dienone is 2. The Bertz CT molecular complexity index is 1170. The Kier molecular flexibility index (Phi) is 6.32. The van der Waals surface area contributed by atoms with E-state index in [1.165, 1.54) is 6.07 Å². The van der Waals surface area contributed by atoms with Crippen molar-refractivity contribution in [3.05, 3.63) is 84.3 Å². The van der Waals surface area contributed by atoms with Gasteiger partial charge in [0, 0.05) is 42.2 Å². The Morgan fingerprint density at radius 3 is 2.78 bits per heavy atom. The molecule has 3 heterocycles. The summed E-state index contributed by atoms with van der Waals surface area (Å²) in [6.45, 7) is 7.66. The van der Waals surface area contributed by atoms with E-state index in [0.717, 1.165) is 42.8 Å². The molecule has 6 heteroatoms. The number of benzene rings is 1. The zero-order valence-corrected chi connectivity index (χ0v) is 18.3. The lowest BCUT2D eigenvalue weighted by Gasteiger charge is -2.35. The Balaban J connectivity index is 1.79. The molecule has 2 aromatic heterocycles. The van der Waals surface area contributed by atoms with Crippen LogP contribution in [-0.2, 0) is 0 Å². The SMILES string of the molecule is C=CC=C(c1cc(-c2nc(-c3ccccc3F)ccc2N)ncc1C)N1CCCC(N)C1. The highest BCUT2D eigenvalue weighted by Crippen LogP contribution is 2.32. The van der Waals surface area contributed by atoms with Gasteiger partial charge in [0.1, 0.15) is 11.5 Å². The number of piperidine rings is 1. The lowest BCUT2D eigenvalue weighted by Crippen LogP contribution is -2.41. The summed E-state index contributed by atoms with van der Waals surface area (Å²) >= 11 is 0.